The van der Waals surface area contributed by atoms with Gasteiger partial charge in [-0.1, -0.05) is 35.7 Å². The summed E-state index contributed by atoms with van der Waals surface area (Å²) in [4.78, 5) is 11.1. The number of hydrogen-bond acceptors (Lipinski definition) is 3. The average molecular weight is 434 g/mol. The Morgan fingerprint density at radius 3 is 2.52 bits per heavy atom. The molecule has 2 aromatic carbocycles. The van der Waals surface area contributed by atoms with Crippen molar-refractivity contribution in [3.8, 4) is 5.75 Å². The van der Waals surface area contributed by atoms with E-state index in [9.17, 15) is 0 Å². The molecule has 2 aromatic rings. The highest BCUT2D eigenvalue weighted by atomic mass is 35.5. The molecule has 2 aliphatic carbocycles. The Morgan fingerprint density at radius 1 is 1.10 bits per heavy atom. The zero-order chi connectivity index (χ0) is 20.4. The first-order valence-electron chi connectivity index (χ1n) is 10.0. The Kier molecular flexibility index (Phi) is 6.05. The molecule has 0 atom stereocenters. The molecule has 1 N–H and O–H groups in total. The third kappa shape index (κ3) is 4.40. The summed E-state index contributed by atoms with van der Waals surface area (Å²) < 4.78 is 6.01. The van der Waals surface area contributed by atoms with Crippen LogP contribution in [0, 0.1) is 5.41 Å². The van der Waals surface area contributed by atoms with Crippen LogP contribution in [0.25, 0.3) is 0 Å². The van der Waals surface area contributed by atoms with Gasteiger partial charge in [-0.2, -0.15) is 0 Å². The van der Waals surface area contributed by atoms with Crippen LogP contribution >= 0.6 is 23.2 Å². The second-order valence-electron chi connectivity index (χ2n) is 8.40. The molecule has 0 unspecified atom stereocenters. The molecule has 1 spiro atoms. The molecule has 0 bridgehead atoms. The summed E-state index contributed by atoms with van der Waals surface area (Å²) in [5, 5.41) is 8.27. The van der Waals surface area contributed by atoms with E-state index in [2.05, 4.69) is 23.1 Å². The zero-order valence-electron chi connectivity index (χ0n) is 16.2. The fourth-order valence-electron chi connectivity index (χ4n) is 4.76. The number of carboxylic acid groups (broad SMARTS) is 1. The van der Waals surface area contributed by atoms with Crippen molar-refractivity contribution < 1.29 is 14.6 Å². The monoisotopic (exact) mass is 433 g/mol. The van der Waals surface area contributed by atoms with Gasteiger partial charge in [0.25, 0.3) is 6.47 Å². The highest BCUT2D eigenvalue weighted by molar-refractivity contribution is 6.33. The smallest absolute Gasteiger partial charge is 0.290 e. The van der Waals surface area contributed by atoms with Gasteiger partial charge in [0.05, 0.1) is 0 Å². The Hall–Kier alpha value is -1.75. The SMILES string of the molecule is Clc1ccc(Cl)c(COc2ccc3c(c2)CC2(C3)CN(C3CCC3)C2)c1.O=CO. The van der Waals surface area contributed by atoms with Crippen LogP contribution in [0.5, 0.6) is 5.75 Å². The van der Waals surface area contributed by atoms with Crippen LogP contribution in [0.1, 0.15) is 36.0 Å². The van der Waals surface area contributed by atoms with Crippen LogP contribution < -0.4 is 4.74 Å². The Morgan fingerprint density at radius 2 is 1.83 bits per heavy atom. The second kappa shape index (κ2) is 8.55. The van der Waals surface area contributed by atoms with Gasteiger partial charge in [0.1, 0.15) is 12.4 Å². The van der Waals surface area contributed by atoms with Crippen molar-refractivity contribution in [2.24, 2.45) is 5.41 Å². The van der Waals surface area contributed by atoms with Gasteiger partial charge in [-0.05, 0) is 67.1 Å². The molecule has 4 nitrogen and oxygen atoms in total. The first kappa shape index (κ1) is 20.5. The van der Waals surface area contributed by atoms with Gasteiger partial charge in [0.15, 0.2) is 0 Å². The van der Waals surface area contributed by atoms with E-state index < -0.39 is 0 Å². The first-order chi connectivity index (χ1) is 14.0. The fourth-order valence-corrected chi connectivity index (χ4v) is 5.13. The van der Waals surface area contributed by atoms with Gasteiger partial charge >= 0.3 is 0 Å². The van der Waals surface area contributed by atoms with Crippen molar-refractivity contribution >= 4 is 29.7 Å². The maximum Gasteiger partial charge on any atom is 0.290 e. The van der Waals surface area contributed by atoms with E-state index in [1.165, 1.54) is 56.3 Å². The maximum absolute atomic E-state index is 8.36. The number of ether oxygens (including phenoxy) is 1. The van der Waals surface area contributed by atoms with Crippen LogP contribution in [0.15, 0.2) is 36.4 Å². The topological polar surface area (TPSA) is 49.8 Å². The summed E-state index contributed by atoms with van der Waals surface area (Å²) in [6.07, 6.45) is 6.67. The number of halogens is 2. The molecule has 0 radical (unpaired) electrons. The molecule has 2 fully saturated rings. The third-order valence-corrected chi connectivity index (χ3v) is 6.98. The molecule has 1 aliphatic heterocycles. The van der Waals surface area contributed by atoms with Crippen molar-refractivity contribution in [1.29, 1.82) is 0 Å². The van der Waals surface area contributed by atoms with Gasteiger partial charge in [0.2, 0.25) is 0 Å². The van der Waals surface area contributed by atoms with Crippen LogP contribution in [-0.4, -0.2) is 35.6 Å². The van der Waals surface area contributed by atoms with Gasteiger partial charge < -0.3 is 9.84 Å². The van der Waals surface area contributed by atoms with E-state index in [0.717, 1.165) is 17.4 Å². The highest BCUT2D eigenvalue weighted by Crippen LogP contribution is 2.47. The van der Waals surface area contributed by atoms with Gasteiger partial charge in [0, 0.05) is 40.2 Å². The molecule has 1 saturated carbocycles. The van der Waals surface area contributed by atoms with E-state index in [1.54, 1.807) is 6.07 Å². The lowest BCUT2D eigenvalue weighted by atomic mass is 9.74. The first-order valence-corrected chi connectivity index (χ1v) is 10.8. The van der Waals surface area contributed by atoms with Crippen molar-refractivity contribution in [3.63, 3.8) is 0 Å². The zero-order valence-corrected chi connectivity index (χ0v) is 17.8. The molecule has 29 heavy (non-hydrogen) atoms. The summed E-state index contributed by atoms with van der Waals surface area (Å²) >= 11 is 12.3. The molecule has 0 amide bonds. The predicted octanol–water partition coefficient (Wildman–Crippen LogP) is 5.23. The van der Waals surface area contributed by atoms with E-state index in [-0.39, 0.29) is 6.47 Å². The minimum Gasteiger partial charge on any atom is -0.489 e. The van der Waals surface area contributed by atoms with E-state index >= 15 is 0 Å². The normalized spacial score (nSPS) is 19.5. The summed E-state index contributed by atoms with van der Waals surface area (Å²) in [6, 6.07) is 13.0. The van der Waals surface area contributed by atoms with E-state index in [1.807, 2.05) is 12.1 Å². The number of hydrogen-bond donors (Lipinski definition) is 1. The van der Waals surface area contributed by atoms with Gasteiger partial charge in [-0.25, -0.2) is 0 Å². The largest absolute Gasteiger partial charge is 0.489 e. The number of fused-ring (bicyclic) bond motifs is 1. The Bertz CT molecular complexity index is 892. The van der Waals surface area contributed by atoms with Gasteiger partial charge in [-0.15, -0.1) is 0 Å². The highest BCUT2D eigenvalue weighted by Gasteiger charge is 2.49. The summed E-state index contributed by atoms with van der Waals surface area (Å²) in [5.41, 5.74) is 4.39. The average Bonchev–Trinajstić information content (AvgIpc) is 3.00. The fraction of sp³-hybridized carbons (Fsp3) is 0.435. The molecule has 1 saturated heterocycles. The molecule has 5 rings (SSSR count). The standard InChI is InChI=1S/C22H23Cl2NO.CH2O2/c23-18-5-7-21(24)17(8-18)12-26-20-6-4-15-10-22(11-16(15)9-20)13-25(14-22)19-2-1-3-19;2-1-3/h4-9,19H,1-3,10-14H2;1H,(H,2,3). The summed E-state index contributed by atoms with van der Waals surface area (Å²) in [7, 11) is 0. The van der Waals surface area contributed by atoms with E-state index in [0.29, 0.717) is 22.1 Å². The number of likely N-dealkylation sites (tertiary alicyclic amines) is 1. The second-order valence-corrected chi connectivity index (χ2v) is 9.25. The van der Waals surface area contributed by atoms with Crippen molar-refractivity contribution in [2.45, 2.75) is 44.8 Å². The molecule has 0 aromatic heterocycles. The lowest BCUT2D eigenvalue weighted by molar-refractivity contribution is -0.122. The lowest BCUT2D eigenvalue weighted by Gasteiger charge is -2.54. The van der Waals surface area contributed by atoms with Crippen LogP contribution in [-0.2, 0) is 24.2 Å². The van der Waals surface area contributed by atoms with Gasteiger partial charge in [-0.3, -0.25) is 9.69 Å². The Balaban J connectivity index is 0.000000645. The number of benzene rings is 2. The van der Waals surface area contributed by atoms with Crippen LogP contribution in [0.2, 0.25) is 10.0 Å². The predicted molar refractivity (Wildman–Crippen MR) is 115 cm³/mol. The Labute approximate surface area is 181 Å². The summed E-state index contributed by atoms with van der Waals surface area (Å²) in [6.45, 7) is 2.75. The molecule has 3 aliphatic rings. The van der Waals surface area contributed by atoms with Crippen molar-refractivity contribution in [2.75, 3.05) is 13.1 Å². The molecule has 154 valence electrons. The minimum atomic E-state index is -0.250. The minimum absolute atomic E-state index is 0.250. The number of carbonyl (C=O) groups is 1. The van der Waals surface area contributed by atoms with Crippen molar-refractivity contribution in [1.82, 2.24) is 4.90 Å². The molecule has 1 heterocycles. The third-order valence-electron chi connectivity index (χ3n) is 6.38. The molecular formula is C23H25Cl2NO3. The summed E-state index contributed by atoms with van der Waals surface area (Å²) in [5.74, 6) is 0.923. The lowest BCUT2D eigenvalue weighted by Crippen LogP contribution is -2.61. The van der Waals surface area contributed by atoms with Crippen LogP contribution in [0.4, 0.5) is 0 Å². The number of rotatable bonds is 4. The number of nitrogens with zero attached hydrogens (tertiary/aromatic N) is 1. The van der Waals surface area contributed by atoms with Crippen LogP contribution in [0.3, 0.4) is 0 Å². The quantitative estimate of drug-likeness (QED) is 0.670. The van der Waals surface area contributed by atoms with E-state index in [4.69, 9.17) is 37.8 Å². The molecular weight excluding hydrogens is 409 g/mol. The molecule has 6 heteroatoms. The van der Waals surface area contributed by atoms with Crippen molar-refractivity contribution in [3.05, 3.63) is 63.1 Å². The maximum atomic E-state index is 8.36.